The minimum Gasteiger partial charge on any atom is -0.369 e. The minimum absolute atomic E-state index is 0.0343. The first-order chi connectivity index (χ1) is 19.0. The van der Waals surface area contributed by atoms with Crippen LogP contribution in [0.15, 0.2) is 48.9 Å². The largest absolute Gasteiger partial charge is 0.369 e. The van der Waals surface area contributed by atoms with Crippen LogP contribution >= 0.6 is 0 Å². The molecule has 10 nitrogen and oxygen atoms in total. The maximum absolute atomic E-state index is 13.4. The molecular formula is C29H27N7O3. The summed E-state index contributed by atoms with van der Waals surface area (Å²) in [7, 11) is 0. The second-order valence-electron chi connectivity index (χ2n) is 10.4. The minimum atomic E-state index is -1.20. The Morgan fingerprint density at radius 1 is 1.10 bits per heavy atom. The van der Waals surface area contributed by atoms with E-state index >= 15 is 0 Å². The number of aliphatic hydroxyl groups excluding tert-OH is 1. The van der Waals surface area contributed by atoms with Gasteiger partial charge in [-0.05, 0) is 49.1 Å². The van der Waals surface area contributed by atoms with E-state index in [9.17, 15) is 20.0 Å². The molecule has 6 heterocycles. The molecule has 3 aromatic heterocycles. The lowest BCUT2D eigenvalue weighted by Gasteiger charge is -2.32. The van der Waals surface area contributed by atoms with Crippen LogP contribution in [-0.4, -0.2) is 66.7 Å². The van der Waals surface area contributed by atoms with Gasteiger partial charge in [-0.2, -0.15) is 5.26 Å². The number of carbonyl (C=O) groups is 2. The van der Waals surface area contributed by atoms with Crippen LogP contribution in [-0.2, 0) is 17.9 Å². The molecule has 2 N–H and O–H groups in total. The highest BCUT2D eigenvalue weighted by Crippen LogP contribution is 2.39. The number of fused-ring (bicyclic) bond motifs is 1. The number of carbonyl (C=O) groups excluding carboxylic acids is 2. The van der Waals surface area contributed by atoms with E-state index in [0.717, 1.165) is 48.8 Å². The maximum Gasteiger partial charge on any atom is 0.320 e. The molecule has 0 saturated carbocycles. The number of amides is 3. The number of likely N-dealkylation sites (tertiary alicyclic amines) is 1. The molecule has 3 aliphatic heterocycles. The van der Waals surface area contributed by atoms with Gasteiger partial charge in [0, 0.05) is 61.6 Å². The molecule has 0 radical (unpaired) electrons. The molecule has 4 aromatic rings. The van der Waals surface area contributed by atoms with E-state index in [-0.39, 0.29) is 11.9 Å². The highest BCUT2D eigenvalue weighted by molar-refractivity contribution is 6.33. The molecule has 10 heteroatoms. The number of urea groups is 1. The predicted octanol–water partition coefficient (Wildman–Crippen LogP) is 2.94. The molecular weight excluding hydrogens is 494 g/mol. The van der Waals surface area contributed by atoms with Crippen LogP contribution in [0, 0.1) is 11.3 Å². The average molecular weight is 522 g/mol. The quantitative estimate of drug-likeness (QED) is 0.421. The van der Waals surface area contributed by atoms with Crippen molar-refractivity contribution in [1.29, 1.82) is 5.26 Å². The van der Waals surface area contributed by atoms with E-state index in [4.69, 9.17) is 0 Å². The van der Waals surface area contributed by atoms with Crippen LogP contribution in [0.3, 0.4) is 0 Å². The van der Waals surface area contributed by atoms with Crippen LogP contribution in [0.5, 0.6) is 0 Å². The van der Waals surface area contributed by atoms with E-state index in [1.807, 2.05) is 50.9 Å². The zero-order valence-electron chi connectivity index (χ0n) is 21.3. The van der Waals surface area contributed by atoms with Gasteiger partial charge in [0.2, 0.25) is 0 Å². The second kappa shape index (κ2) is 8.99. The zero-order valence-corrected chi connectivity index (χ0v) is 21.3. The van der Waals surface area contributed by atoms with Crippen molar-refractivity contribution in [3.05, 3.63) is 71.3 Å². The van der Waals surface area contributed by atoms with Crippen LogP contribution in [0.2, 0.25) is 0 Å². The molecule has 39 heavy (non-hydrogen) atoms. The van der Waals surface area contributed by atoms with Crippen molar-refractivity contribution < 1.29 is 14.7 Å². The number of aromatic nitrogens is 3. The second-order valence-corrected chi connectivity index (χ2v) is 10.4. The number of rotatable bonds is 2. The molecule has 1 unspecified atom stereocenters. The smallest absolute Gasteiger partial charge is 0.320 e. The third kappa shape index (κ3) is 3.69. The number of imidazole rings is 1. The number of nitrogens with zero attached hydrogens (tertiary/aromatic N) is 6. The van der Waals surface area contributed by atoms with Crippen LogP contribution in [0.1, 0.15) is 41.6 Å². The molecule has 0 spiro atoms. The number of nitriles is 1. The summed E-state index contributed by atoms with van der Waals surface area (Å²) in [5.74, 6) is -0.384. The molecule has 3 aliphatic rings. The Balaban J connectivity index is 1.38. The van der Waals surface area contributed by atoms with Crippen molar-refractivity contribution >= 4 is 39.6 Å². The first kappa shape index (κ1) is 23.5. The summed E-state index contributed by atoms with van der Waals surface area (Å²) in [6.07, 6.45) is 7.42. The molecule has 1 aromatic carbocycles. The average Bonchev–Trinajstić information content (AvgIpc) is 3.58. The zero-order chi connectivity index (χ0) is 26.7. The molecule has 1 fully saturated rings. The number of piperidine rings is 1. The Kier molecular flexibility index (Phi) is 5.42. The maximum atomic E-state index is 13.4. The molecule has 1 atom stereocenters. The fourth-order valence-electron chi connectivity index (χ4n) is 6.25. The Labute approximate surface area is 224 Å². The Morgan fingerprint density at radius 2 is 1.95 bits per heavy atom. The summed E-state index contributed by atoms with van der Waals surface area (Å²) >= 11 is 0. The molecule has 1 saturated heterocycles. The van der Waals surface area contributed by atoms with Crippen molar-refractivity contribution in [3.63, 3.8) is 0 Å². The van der Waals surface area contributed by atoms with Crippen LogP contribution < -0.4 is 5.32 Å². The molecule has 196 valence electrons. The third-order valence-corrected chi connectivity index (χ3v) is 8.05. The summed E-state index contributed by atoms with van der Waals surface area (Å²) in [6, 6.07) is 11.5. The van der Waals surface area contributed by atoms with E-state index in [1.165, 1.54) is 0 Å². The van der Waals surface area contributed by atoms with Crippen molar-refractivity contribution in [2.24, 2.45) is 0 Å². The van der Waals surface area contributed by atoms with Crippen LogP contribution in [0.4, 0.5) is 4.79 Å². The van der Waals surface area contributed by atoms with E-state index < -0.39 is 6.23 Å². The van der Waals surface area contributed by atoms with Crippen LogP contribution in [0.25, 0.3) is 27.7 Å². The Hall–Kier alpha value is -4.62. The predicted molar refractivity (Wildman–Crippen MR) is 144 cm³/mol. The molecule has 0 bridgehead atoms. The molecule has 0 aliphatic carbocycles. The number of nitrogens with one attached hydrogen (secondary N) is 1. The lowest BCUT2D eigenvalue weighted by atomic mass is 9.96. The van der Waals surface area contributed by atoms with Gasteiger partial charge in [0.1, 0.15) is 5.65 Å². The monoisotopic (exact) mass is 521 g/mol. The van der Waals surface area contributed by atoms with Gasteiger partial charge in [-0.1, -0.05) is 6.07 Å². The van der Waals surface area contributed by atoms with E-state index in [0.29, 0.717) is 53.2 Å². The summed E-state index contributed by atoms with van der Waals surface area (Å²) in [5, 5.41) is 24.2. The first-order valence-corrected chi connectivity index (χ1v) is 13.3. The van der Waals surface area contributed by atoms with Gasteiger partial charge in [-0.15, -0.1) is 0 Å². The van der Waals surface area contributed by atoms with Crippen molar-refractivity contribution in [2.45, 2.75) is 38.6 Å². The SMILES string of the molecule is N#Cc1cc2c3c(c1)c(C1=C(c4cnc5ccccn45)C(O)NC1=O)cn3CCN(C(=O)N1CCCCC1)C2. The molecule has 3 amide bonds. The first-order valence-electron chi connectivity index (χ1n) is 13.3. The number of hydrogen-bond acceptors (Lipinski definition) is 5. The summed E-state index contributed by atoms with van der Waals surface area (Å²) < 4.78 is 3.92. The summed E-state index contributed by atoms with van der Waals surface area (Å²) in [5.41, 5.74) is 5.00. The van der Waals surface area contributed by atoms with Gasteiger partial charge in [0.15, 0.2) is 6.23 Å². The fourth-order valence-corrected chi connectivity index (χ4v) is 6.25. The summed E-state index contributed by atoms with van der Waals surface area (Å²) in [6.45, 7) is 3.01. The van der Waals surface area contributed by atoms with E-state index in [1.54, 1.807) is 12.3 Å². The van der Waals surface area contributed by atoms with Gasteiger partial charge >= 0.3 is 6.03 Å². The fraction of sp³-hybridized carbons (Fsp3) is 0.310. The van der Waals surface area contributed by atoms with Gasteiger partial charge in [0.05, 0.1) is 34.6 Å². The van der Waals surface area contributed by atoms with Crippen molar-refractivity contribution in [3.8, 4) is 6.07 Å². The number of hydrogen-bond donors (Lipinski definition) is 2. The van der Waals surface area contributed by atoms with Crippen molar-refractivity contribution in [2.75, 3.05) is 19.6 Å². The number of pyridine rings is 1. The van der Waals surface area contributed by atoms with Crippen molar-refractivity contribution in [1.82, 2.24) is 29.1 Å². The lowest BCUT2D eigenvalue weighted by Crippen LogP contribution is -2.45. The third-order valence-electron chi connectivity index (χ3n) is 8.05. The highest BCUT2D eigenvalue weighted by atomic mass is 16.3. The number of aliphatic hydroxyl groups is 1. The molecule has 7 rings (SSSR count). The topological polar surface area (TPSA) is 119 Å². The Bertz CT molecular complexity index is 1730. The standard InChI is InChI=1S/C29H27N7O3/c30-14-18-12-19-16-35(29(39)33-7-3-1-4-8-33)11-10-34-17-21(20(13-18)26(19)34)24-25(28(38)32-27(24)37)22-15-31-23-6-2-5-9-36(22)23/h2,5-6,9,12-13,15,17,28,38H,1,3-4,7-8,10-11,16H2,(H,32,37). The van der Waals surface area contributed by atoms with Gasteiger partial charge in [-0.25, -0.2) is 9.78 Å². The van der Waals surface area contributed by atoms with Gasteiger partial charge in [0.25, 0.3) is 5.91 Å². The summed E-state index contributed by atoms with van der Waals surface area (Å²) in [4.78, 5) is 34.9. The normalized spacial score (nSPS) is 19.5. The van der Waals surface area contributed by atoms with E-state index in [2.05, 4.69) is 20.9 Å². The lowest BCUT2D eigenvalue weighted by molar-refractivity contribution is -0.116. The highest BCUT2D eigenvalue weighted by Gasteiger charge is 2.36. The number of benzene rings is 1. The Morgan fingerprint density at radius 3 is 2.77 bits per heavy atom. The van der Waals surface area contributed by atoms with Gasteiger partial charge in [-0.3, -0.25) is 9.20 Å². The van der Waals surface area contributed by atoms with Gasteiger partial charge < -0.3 is 24.8 Å².